The summed E-state index contributed by atoms with van der Waals surface area (Å²) in [7, 11) is 0. The van der Waals surface area contributed by atoms with Crippen LogP contribution in [0.4, 0.5) is 11.4 Å². The number of guanidine groups is 1. The lowest BCUT2D eigenvalue weighted by atomic mass is 10.2. The van der Waals surface area contributed by atoms with Gasteiger partial charge in [0.25, 0.3) is 0 Å². The highest BCUT2D eigenvalue weighted by Crippen LogP contribution is 2.30. The quantitative estimate of drug-likeness (QED) is 0.630. The van der Waals surface area contributed by atoms with Crippen molar-refractivity contribution in [3.05, 3.63) is 59.6 Å². The van der Waals surface area contributed by atoms with Crippen LogP contribution >= 0.6 is 11.6 Å². The molecule has 0 heterocycles. The number of rotatable bonds is 2. The van der Waals surface area contributed by atoms with Gasteiger partial charge in [0.1, 0.15) is 0 Å². The van der Waals surface area contributed by atoms with Crippen LogP contribution in [0, 0.1) is 5.41 Å². The number of para-hydroxylation sites is 2. The lowest BCUT2D eigenvalue weighted by Crippen LogP contribution is -2.32. The number of nitrogens with two attached hydrogens (primary N) is 1. The van der Waals surface area contributed by atoms with Gasteiger partial charge >= 0.3 is 0 Å². The Kier molecular flexibility index (Phi) is 3.30. The molecule has 86 valence electrons. The molecule has 0 radical (unpaired) electrons. The molecule has 0 spiro atoms. The highest BCUT2D eigenvalue weighted by atomic mass is 35.5. The standard InChI is InChI=1S/C13H12ClN3/c14-11-8-4-5-9-12(11)17(13(15)16)10-6-2-1-3-7-10/h1-9H,(H3,15,16). The van der Waals surface area contributed by atoms with Gasteiger partial charge in [-0.15, -0.1) is 0 Å². The van der Waals surface area contributed by atoms with Gasteiger partial charge in [-0.3, -0.25) is 10.3 Å². The van der Waals surface area contributed by atoms with Crippen LogP contribution in [0.5, 0.6) is 0 Å². The van der Waals surface area contributed by atoms with Crippen LogP contribution in [0.15, 0.2) is 54.6 Å². The van der Waals surface area contributed by atoms with E-state index in [1.807, 2.05) is 48.5 Å². The minimum atomic E-state index is -0.0655. The number of hydrogen-bond donors (Lipinski definition) is 2. The molecule has 3 N–H and O–H groups in total. The predicted molar refractivity (Wildman–Crippen MR) is 71.9 cm³/mol. The summed E-state index contributed by atoms with van der Waals surface area (Å²) in [6, 6.07) is 16.8. The zero-order valence-corrected chi connectivity index (χ0v) is 9.85. The summed E-state index contributed by atoms with van der Waals surface area (Å²) in [4.78, 5) is 1.60. The average Bonchev–Trinajstić information content (AvgIpc) is 2.33. The lowest BCUT2D eigenvalue weighted by Gasteiger charge is -2.23. The Hall–Kier alpha value is -2.00. The molecule has 0 bridgehead atoms. The number of benzene rings is 2. The molecule has 3 nitrogen and oxygen atoms in total. The molecule has 0 aliphatic heterocycles. The Morgan fingerprint density at radius 1 is 1.00 bits per heavy atom. The van der Waals surface area contributed by atoms with Crippen LogP contribution < -0.4 is 10.6 Å². The maximum atomic E-state index is 7.67. The number of nitrogens with one attached hydrogen (secondary N) is 1. The number of anilines is 2. The molecule has 0 saturated heterocycles. The third-order valence-corrected chi connectivity index (χ3v) is 2.67. The summed E-state index contributed by atoms with van der Waals surface area (Å²) >= 11 is 6.12. The second kappa shape index (κ2) is 4.89. The van der Waals surface area contributed by atoms with E-state index in [4.69, 9.17) is 22.7 Å². The molecule has 0 fully saturated rings. The fourth-order valence-electron chi connectivity index (χ4n) is 1.62. The minimum absolute atomic E-state index is 0.0655. The number of hydrogen-bond acceptors (Lipinski definition) is 1. The molecule has 2 aromatic carbocycles. The minimum Gasteiger partial charge on any atom is -0.369 e. The van der Waals surface area contributed by atoms with Crippen LogP contribution in [-0.4, -0.2) is 5.96 Å². The van der Waals surface area contributed by atoms with Gasteiger partial charge in [-0.25, -0.2) is 0 Å². The van der Waals surface area contributed by atoms with E-state index in [1.165, 1.54) is 0 Å². The van der Waals surface area contributed by atoms with Crippen molar-refractivity contribution in [1.82, 2.24) is 0 Å². The van der Waals surface area contributed by atoms with Gasteiger partial charge in [-0.1, -0.05) is 41.9 Å². The van der Waals surface area contributed by atoms with Crippen LogP contribution in [0.3, 0.4) is 0 Å². The van der Waals surface area contributed by atoms with Crippen LogP contribution in [0.1, 0.15) is 0 Å². The fraction of sp³-hybridized carbons (Fsp3) is 0. The number of nitrogens with zero attached hydrogens (tertiary/aromatic N) is 1. The van der Waals surface area contributed by atoms with Crippen molar-refractivity contribution in [2.75, 3.05) is 4.90 Å². The van der Waals surface area contributed by atoms with Crippen molar-refractivity contribution in [3.63, 3.8) is 0 Å². The van der Waals surface area contributed by atoms with Crippen molar-refractivity contribution >= 4 is 28.9 Å². The van der Waals surface area contributed by atoms with E-state index in [1.54, 1.807) is 11.0 Å². The van der Waals surface area contributed by atoms with E-state index in [-0.39, 0.29) is 5.96 Å². The molecule has 4 heteroatoms. The summed E-state index contributed by atoms with van der Waals surface area (Å²) in [5.41, 5.74) is 7.13. The molecular weight excluding hydrogens is 234 g/mol. The Bertz CT molecular complexity index is 525. The first-order valence-corrected chi connectivity index (χ1v) is 5.51. The molecule has 0 aliphatic carbocycles. The second-order valence-electron chi connectivity index (χ2n) is 3.51. The van der Waals surface area contributed by atoms with Gasteiger partial charge in [0.05, 0.1) is 10.7 Å². The SMILES string of the molecule is N=C(N)N(c1ccccc1)c1ccccc1Cl. The number of halogens is 1. The fourth-order valence-corrected chi connectivity index (χ4v) is 1.84. The molecule has 0 atom stereocenters. The van der Waals surface area contributed by atoms with Gasteiger partial charge in [0, 0.05) is 5.69 Å². The predicted octanol–water partition coefficient (Wildman–Crippen LogP) is 3.37. The molecule has 0 aliphatic rings. The molecule has 0 aromatic heterocycles. The maximum absolute atomic E-state index is 7.67. The Morgan fingerprint density at radius 3 is 2.18 bits per heavy atom. The zero-order valence-electron chi connectivity index (χ0n) is 9.10. The molecule has 2 aromatic rings. The van der Waals surface area contributed by atoms with E-state index < -0.39 is 0 Å². The second-order valence-corrected chi connectivity index (χ2v) is 3.91. The average molecular weight is 246 g/mol. The smallest absolute Gasteiger partial charge is 0.197 e. The Morgan fingerprint density at radius 2 is 1.59 bits per heavy atom. The highest BCUT2D eigenvalue weighted by molar-refractivity contribution is 6.34. The summed E-state index contributed by atoms with van der Waals surface area (Å²) in [6.45, 7) is 0. The summed E-state index contributed by atoms with van der Waals surface area (Å²) < 4.78 is 0. The summed E-state index contributed by atoms with van der Waals surface area (Å²) in [5.74, 6) is -0.0655. The lowest BCUT2D eigenvalue weighted by molar-refractivity contribution is 1.26. The van der Waals surface area contributed by atoms with Gasteiger partial charge in [-0.05, 0) is 24.3 Å². The topological polar surface area (TPSA) is 53.1 Å². The van der Waals surface area contributed by atoms with Gasteiger partial charge < -0.3 is 5.73 Å². The monoisotopic (exact) mass is 245 g/mol. The van der Waals surface area contributed by atoms with Crippen molar-refractivity contribution in [2.24, 2.45) is 5.73 Å². The Labute approximate surface area is 105 Å². The van der Waals surface area contributed by atoms with Crippen molar-refractivity contribution in [3.8, 4) is 0 Å². The third kappa shape index (κ3) is 2.40. The van der Waals surface area contributed by atoms with Gasteiger partial charge in [-0.2, -0.15) is 0 Å². The van der Waals surface area contributed by atoms with Crippen molar-refractivity contribution < 1.29 is 0 Å². The summed E-state index contributed by atoms with van der Waals surface area (Å²) in [6.07, 6.45) is 0. The van der Waals surface area contributed by atoms with Crippen LogP contribution in [-0.2, 0) is 0 Å². The van der Waals surface area contributed by atoms with Crippen molar-refractivity contribution in [2.45, 2.75) is 0 Å². The Balaban J connectivity index is 2.51. The highest BCUT2D eigenvalue weighted by Gasteiger charge is 2.14. The van der Waals surface area contributed by atoms with E-state index >= 15 is 0 Å². The summed E-state index contributed by atoms with van der Waals surface area (Å²) in [5, 5.41) is 8.23. The van der Waals surface area contributed by atoms with Gasteiger partial charge in [0.15, 0.2) is 5.96 Å². The van der Waals surface area contributed by atoms with Crippen molar-refractivity contribution in [1.29, 1.82) is 5.41 Å². The first-order valence-electron chi connectivity index (χ1n) is 5.14. The van der Waals surface area contributed by atoms with E-state index in [9.17, 15) is 0 Å². The molecule has 0 saturated carbocycles. The first kappa shape index (κ1) is 11.5. The van der Waals surface area contributed by atoms with E-state index in [0.29, 0.717) is 10.7 Å². The molecule has 2 rings (SSSR count). The van der Waals surface area contributed by atoms with E-state index in [0.717, 1.165) is 5.69 Å². The molecular formula is C13H12ClN3. The molecule has 0 amide bonds. The third-order valence-electron chi connectivity index (χ3n) is 2.35. The maximum Gasteiger partial charge on any atom is 0.197 e. The molecule has 0 unspecified atom stereocenters. The largest absolute Gasteiger partial charge is 0.369 e. The molecule has 17 heavy (non-hydrogen) atoms. The normalized spacial score (nSPS) is 9.94. The first-order chi connectivity index (χ1) is 8.20. The zero-order chi connectivity index (χ0) is 12.3. The van der Waals surface area contributed by atoms with Crippen LogP contribution in [0.2, 0.25) is 5.02 Å². The van der Waals surface area contributed by atoms with Crippen LogP contribution in [0.25, 0.3) is 0 Å². The van der Waals surface area contributed by atoms with Gasteiger partial charge in [0.2, 0.25) is 0 Å². The van der Waals surface area contributed by atoms with E-state index in [2.05, 4.69) is 0 Å².